The highest BCUT2D eigenvalue weighted by molar-refractivity contribution is 7.09. The predicted molar refractivity (Wildman–Crippen MR) is 59.5 cm³/mol. The first kappa shape index (κ1) is 10.1. The summed E-state index contributed by atoms with van der Waals surface area (Å²) in [7, 11) is 4.16. The van der Waals surface area contributed by atoms with E-state index in [1.54, 1.807) is 11.3 Å². The van der Waals surface area contributed by atoms with Crippen molar-refractivity contribution in [1.29, 1.82) is 0 Å². The molecule has 1 aliphatic heterocycles. The molecule has 14 heavy (non-hydrogen) atoms. The first-order valence-corrected chi connectivity index (χ1v) is 5.96. The van der Waals surface area contributed by atoms with Crippen molar-refractivity contribution in [2.75, 3.05) is 20.6 Å². The fourth-order valence-corrected chi connectivity index (χ4v) is 2.73. The molecular formula is C10H17N3S. The molecule has 0 unspecified atom stereocenters. The predicted octanol–water partition coefficient (Wildman–Crippen LogP) is 1.63. The van der Waals surface area contributed by atoms with Crippen LogP contribution in [0.15, 0.2) is 5.38 Å². The Labute approximate surface area is 89.1 Å². The number of nitrogens with zero attached hydrogens (tertiary/aromatic N) is 2. The maximum atomic E-state index is 4.65. The molecule has 0 aliphatic carbocycles. The molecule has 0 bridgehead atoms. The Balaban J connectivity index is 2.01. The number of hydrogen-bond donors (Lipinski definition) is 1. The van der Waals surface area contributed by atoms with E-state index >= 15 is 0 Å². The molecular weight excluding hydrogens is 194 g/mol. The minimum absolute atomic E-state index is 0.516. The van der Waals surface area contributed by atoms with Gasteiger partial charge >= 0.3 is 0 Å². The van der Waals surface area contributed by atoms with Crippen molar-refractivity contribution in [3.8, 4) is 0 Å². The van der Waals surface area contributed by atoms with E-state index in [-0.39, 0.29) is 0 Å². The molecule has 1 aliphatic rings. The van der Waals surface area contributed by atoms with Crippen LogP contribution in [-0.2, 0) is 6.54 Å². The lowest BCUT2D eigenvalue weighted by molar-refractivity contribution is 0.400. The van der Waals surface area contributed by atoms with E-state index in [0.717, 1.165) is 13.1 Å². The van der Waals surface area contributed by atoms with Crippen molar-refractivity contribution in [2.24, 2.45) is 0 Å². The zero-order valence-corrected chi connectivity index (χ0v) is 9.60. The van der Waals surface area contributed by atoms with Gasteiger partial charge in [0.1, 0.15) is 5.01 Å². The number of rotatable bonds is 3. The molecule has 2 heterocycles. The topological polar surface area (TPSA) is 28.2 Å². The Kier molecular flexibility index (Phi) is 3.15. The summed E-state index contributed by atoms with van der Waals surface area (Å²) in [6, 6.07) is 0.516. The van der Waals surface area contributed by atoms with Crippen molar-refractivity contribution in [1.82, 2.24) is 15.2 Å². The fourth-order valence-electron chi connectivity index (χ4n) is 1.77. The maximum Gasteiger partial charge on any atom is 0.107 e. The van der Waals surface area contributed by atoms with E-state index in [1.165, 1.54) is 23.5 Å². The average molecular weight is 211 g/mol. The summed E-state index contributed by atoms with van der Waals surface area (Å²) in [6.45, 7) is 2.10. The van der Waals surface area contributed by atoms with Crippen molar-refractivity contribution < 1.29 is 0 Å². The molecule has 0 saturated carbocycles. The van der Waals surface area contributed by atoms with Gasteiger partial charge in [-0.2, -0.15) is 0 Å². The highest BCUT2D eigenvalue weighted by Gasteiger charge is 2.18. The Bertz CT molecular complexity index is 289. The van der Waals surface area contributed by atoms with Gasteiger partial charge in [0.2, 0.25) is 0 Å². The van der Waals surface area contributed by atoms with Gasteiger partial charge in [0.15, 0.2) is 0 Å². The van der Waals surface area contributed by atoms with Gasteiger partial charge in [-0.15, -0.1) is 11.3 Å². The Morgan fingerprint density at radius 3 is 3.14 bits per heavy atom. The van der Waals surface area contributed by atoms with Crippen LogP contribution >= 0.6 is 11.3 Å². The molecule has 0 amide bonds. The fraction of sp³-hybridized carbons (Fsp3) is 0.700. The highest BCUT2D eigenvalue weighted by Crippen LogP contribution is 2.24. The van der Waals surface area contributed by atoms with Gasteiger partial charge in [-0.1, -0.05) is 0 Å². The highest BCUT2D eigenvalue weighted by atomic mass is 32.1. The molecule has 1 atom stereocenters. The second-order valence-corrected chi connectivity index (χ2v) is 5.00. The summed E-state index contributed by atoms with van der Waals surface area (Å²) in [6.07, 6.45) is 2.52. The number of nitrogens with one attached hydrogen (secondary N) is 1. The third-order valence-electron chi connectivity index (χ3n) is 2.44. The van der Waals surface area contributed by atoms with Crippen LogP contribution in [0, 0.1) is 0 Å². The quantitative estimate of drug-likeness (QED) is 0.823. The minimum atomic E-state index is 0.516. The summed E-state index contributed by atoms with van der Waals surface area (Å²) in [5, 5.41) is 6.89. The Morgan fingerprint density at radius 2 is 2.50 bits per heavy atom. The first-order valence-electron chi connectivity index (χ1n) is 5.08. The molecule has 78 valence electrons. The van der Waals surface area contributed by atoms with E-state index in [0.29, 0.717) is 6.04 Å². The van der Waals surface area contributed by atoms with Crippen LogP contribution in [0.5, 0.6) is 0 Å². The van der Waals surface area contributed by atoms with E-state index in [4.69, 9.17) is 0 Å². The van der Waals surface area contributed by atoms with Gasteiger partial charge in [-0.25, -0.2) is 4.98 Å². The normalized spacial score (nSPS) is 22.1. The van der Waals surface area contributed by atoms with Gasteiger partial charge in [0.05, 0.1) is 11.7 Å². The summed E-state index contributed by atoms with van der Waals surface area (Å²) in [5.41, 5.74) is 1.24. The van der Waals surface area contributed by atoms with Crippen molar-refractivity contribution in [3.63, 3.8) is 0 Å². The van der Waals surface area contributed by atoms with Gasteiger partial charge < -0.3 is 10.2 Å². The number of thiazole rings is 1. The summed E-state index contributed by atoms with van der Waals surface area (Å²) in [4.78, 5) is 6.80. The standard InChI is InChI=1S/C10H17N3S/c1-13(2)6-10-12-9(7-14-10)8-4-3-5-11-8/h7-8,11H,3-6H2,1-2H3/t8-/m0/s1. The minimum Gasteiger partial charge on any atom is -0.309 e. The second kappa shape index (κ2) is 4.38. The Morgan fingerprint density at radius 1 is 1.64 bits per heavy atom. The van der Waals surface area contributed by atoms with Gasteiger partial charge in [-0.3, -0.25) is 0 Å². The lowest BCUT2D eigenvalue weighted by Crippen LogP contribution is -2.14. The molecule has 0 radical (unpaired) electrons. The van der Waals surface area contributed by atoms with Crippen LogP contribution in [-0.4, -0.2) is 30.5 Å². The summed E-state index contributed by atoms with van der Waals surface area (Å²) >= 11 is 1.77. The average Bonchev–Trinajstić information content (AvgIpc) is 2.69. The zero-order chi connectivity index (χ0) is 9.97. The van der Waals surface area contributed by atoms with Crippen LogP contribution < -0.4 is 5.32 Å². The SMILES string of the molecule is CN(C)Cc1nc([C@@H]2CCCN2)cs1. The number of aromatic nitrogens is 1. The monoisotopic (exact) mass is 211 g/mol. The molecule has 0 spiro atoms. The van der Waals surface area contributed by atoms with Gasteiger partial charge in [0.25, 0.3) is 0 Å². The third kappa shape index (κ3) is 2.32. The third-order valence-corrected chi connectivity index (χ3v) is 3.29. The van der Waals surface area contributed by atoms with Crippen LogP contribution in [0.4, 0.5) is 0 Å². The van der Waals surface area contributed by atoms with Crippen molar-refractivity contribution in [3.05, 3.63) is 16.1 Å². The van der Waals surface area contributed by atoms with Crippen molar-refractivity contribution >= 4 is 11.3 Å². The molecule has 2 rings (SSSR count). The molecule has 3 nitrogen and oxygen atoms in total. The molecule has 1 aromatic rings. The lowest BCUT2D eigenvalue weighted by Gasteiger charge is -2.07. The van der Waals surface area contributed by atoms with Gasteiger partial charge in [0, 0.05) is 11.9 Å². The molecule has 1 N–H and O–H groups in total. The first-order chi connectivity index (χ1) is 6.75. The molecule has 1 fully saturated rings. The number of hydrogen-bond acceptors (Lipinski definition) is 4. The van der Waals surface area contributed by atoms with Crippen LogP contribution in [0.25, 0.3) is 0 Å². The van der Waals surface area contributed by atoms with E-state index in [2.05, 4.69) is 34.7 Å². The molecule has 1 aromatic heterocycles. The maximum absolute atomic E-state index is 4.65. The van der Waals surface area contributed by atoms with Gasteiger partial charge in [-0.05, 0) is 33.5 Å². The van der Waals surface area contributed by atoms with E-state index in [9.17, 15) is 0 Å². The second-order valence-electron chi connectivity index (χ2n) is 4.05. The van der Waals surface area contributed by atoms with E-state index < -0.39 is 0 Å². The van der Waals surface area contributed by atoms with Crippen LogP contribution in [0.2, 0.25) is 0 Å². The smallest absolute Gasteiger partial charge is 0.107 e. The Hall–Kier alpha value is -0.450. The molecule has 1 saturated heterocycles. The molecule has 4 heteroatoms. The van der Waals surface area contributed by atoms with Crippen LogP contribution in [0.3, 0.4) is 0 Å². The summed E-state index contributed by atoms with van der Waals surface area (Å²) in [5.74, 6) is 0. The molecule has 0 aromatic carbocycles. The zero-order valence-electron chi connectivity index (χ0n) is 8.79. The van der Waals surface area contributed by atoms with E-state index in [1.807, 2.05) is 0 Å². The largest absolute Gasteiger partial charge is 0.309 e. The van der Waals surface area contributed by atoms with Crippen molar-refractivity contribution in [2.45, 2.75) is 25.4 Å². The summed E-state index contributed by atoms with van der Waals surface area (Å²) < 4.78 is 0. The lowest BCUT2D eigenvalue weighted by atomic mass is 10.2. The van der Waals surface area contributed by atoms with Crippen LogP contribution in [0.1, 0.15) is 29.6 Å².